The maximum Gasteiger partial charge on any atom is 0.360 e. The Morgan fingerprint density at radius 3 is 2.75 bits per heavy atom. The highest BCUT2D eigenvalue weighted by Gasteiger charge is 2.17. The Labute approximate surface area is 69.9 Å². The van der Waals surface area contributed by atoms with E-state index in [9.17, 15) is 4.79 Å². The van der Waals surface area contributed by atoms with E-state index in [4.69, 9.17) is 4.74 Å². The summed E-state index contributed by atoms with van der Waals surface area (Å²) in [6.45, 7) is 0. The average Bonchev–Trinajstić information content (AvgIpc) is 2.45. The topological polar surface area (TPSA) is 53.4 Å². The summed E-state index contributed by atoms with van der Waals surface area (Å²) in [5, 5.41) is 3.85. The quantitative estimate of drug-likeness (QED) is 0.595. The molecule has 66 valence electrons. The molecule has 1 aromatic heterocycles. The first-order valence-electron chi connectivity index (χ1n) is 3.35. The van der Waals surface area contributed by atoms with Crippen LogP contribution in [0, 0.1) is 0 Å². The molecule has 0 saturated carbocycles. The third kappa shape index (κ3) is 1.25. The third-order valence-electron chi connectivity index (χ3n) is 1.50. The molecule has 0 spiro atoms. The Morgan fingerprint density at radius 2 is 2.25 bits per heavy atom. The summed E-state index contributed by atoms with van der Waals surface area (Å²) in [7, 11) is 4.44. The zero-order valence-electron chi connectivity index (χ0n) is 7.20. The lowest BCUT2D eigenvalue weighted by Crippen LogP contribution is -2.09. The molecular weight excluding hydrogens is 160 g/mol. The van der Waals surface area contributed by atoms with E-state index < -0.39 is 5.97 Å². The molecule has 0 saturated heterocycles. The Hall–Kier alpha value is -1.52. The highest BCUT2D eigenvalue weighted by Crippen LogP contribution is 2.16. The second-order valence-corrected chi connectivity index (χ2v) is 2.18. The maximum absolute atomic E-state index is 11.1. The normalized spacial score (nSPS) is 9.58. The van der Waals surface area contributed by atoms with E-state index in [1.807, 2.05) is 0 Å². The molecule has 0 unspecified atom stereocenters. The highest BCUT2D eigenvalue weighted by molar-refractivity contribution is 5.90. The van der Waals surface area contributed by atoms with Crippen molar-refractivity contribution in [1.29, 1.82) is 0 Å². The number of hydrogen-bond acceptors (Lipinski definition) is 4. The summed E-state index contributed by atoms with van der Waals surface area (Å²) in [6, 6.07) is 0. The Bertz CT molecular complexity index is 293. The van der Waals surface area contributed by atoms with E-state index in [2.05, 4.69) is 9.84 Å². The zero-order valence-corrected chi connectivity index (χ0v) is 7.20. The van der Waals surface area contributed by atoms with Gasteiger partial charge in [-0.05, 0) is 0 Å². The van der Waals surface area contributed by atoms with Crippen molar-refractivity contribution in [2.75, 3.05) is 14.2 Å². The van der Waals surface area contributed by atoms with Crippen molar-refractivity contribution in [2.24, 2.45) is 7.05 Å². The molecule has 0 aliphatic rings. The second-order valence-electron chi connectivity index (χ2n) is 2.18. The van der Waals surface area contributed by atoms with Crippen molar-refractivity contribution >= 4 is 5.97 Å². The molecule has 0 N–H and O–H groups in total. The fourth-order valence-corrected chi connectivity index (χ4v) is 0.896. The predicted molar refractivity (Wildman–Crippen MR) is 41.1 cm³/mol. The summed E-state index contributed by atoms with van der Waals surface area (Å²) in [6.07, 6.45) is 1.46. The van der Waals surface area contributed by atoms with Crippen LogP contribution in [0.4, 0.5) is 0 Å². The number of esters is 1. The monoisotopic (exact) mass is 170 g/mol. The molecular formula is C7H10N2O3. The van der Waals surface area contributed by atoms with Crippen molar-refractivity contribution in [3.05, 3.63) is 11.9 Å². The molecule has 0 bridgehead atoms. The van der Waals surface area contributed by atoms with Crippen LogP contribution in [0.1, 0.15) is 10.5 Å². The molecule has 1 heterocycles. The number of carbonyl (C=O) groups is 1. The van der Waals surface area contributed by atoms with Crippen molar-refractivity contribution < 1.29 is 14.3 Å². The van der Waals surface area contributed by atoms with Crippen molar-refractivity contribution in [3.8, 4) is 5.75 Å². The van der Waals surface area contributed by atoms with E-state index in [1.165, 1.54) is 25.1 Å². The van der Waals surface area contributed by atoms with Crippen LogP contribution >= 0.6 is 0 Å². The molecule has 0 fully saturated rings. The first-order valence-corrected chi connectivity index (χ1v) is 3.35. The summed E-state index contributed by atoms with van der Waals surface area (Å²) < 4.78 is 10.9. The van der Waals surface area contributed by atoms with Gasteiger partial charge in [-0.1, -0.05) is 0 Å². The first-order chi connectivity index (χ1) is 5.70. The Morgan fingerprint density at radius 1 is 1.58 bits per heavy atom. The summed E-state index contributed by atoms with van der Waals surface area (Å²) in [4.78, 5) is 11.1. The fourth-order valence-electron chi connectivity index (χ4n) is 0.896. The molecule has 0 aromatic carbocycles. The van der Waals surface area contributed by atoms with Crippen molar-refractivity contribution in [1.82, 2.24) is 9.78 Å². The van der Waals surface area contributed by atoms with Crippen LogP contribution in [-0.4, -0.2) is 30.0 Å². The van der Waals surface area contributed by atoms with Crippen LogP contribution in [-0.2, 0) is 11.8 Å². The number of carbonyl (C=O) groups excluding carboxylic acids is 1. The standard InChI is InChI=1S/C7H10N2O3/c1-9-6(7(10)12-3)5(11-2)4-8-9/h4H,1-3H3. The van der Waals surface area contributed by atoms with Crippen molar-refractivity contribution in [2.45, 2.75) is 0 Å². The van der Waals surface area contributed by atoms with Crippen LogP contribution in [0.3, 0.4) is 0 Å². The molecule has 5 nitrogen and oxygen atoms in total. The number of ether oxygens (including phenoxy) is 2. The smallest absolute Gasteiger partial charge is 0.360 e. The molecule has 5 heteroatoms. The van der Waals surface area contributed by atoms with Gasteiger partial charge < -0.3 is 9.47 Å². The second kappa shape index (κ2) is 3.25. The molecule has 1 rings (SSSR count). The molecule has 0 atom stereocenters. The van der Waals surface area contributed by atoms with Gasteiger partial charge in [0, 0.05) is 7.05 Å². The lowest BCUT2D eigenvalue weighted by molar-refractivity contribution is 0.0584. The fraction of sp³-hybridized carbons (Fsp3) is 0.429. The Kier molecular flexibility index (Phi) is 2.32. The number of nitrogens with zero attached hydrogens (tertiary/aromatic N) is 2. The number of hydrogen-bond donors (Lipinski definition) is 0. The van der Waals surface area contributed by atoms with E-state index in [1.54, 1.807) is 7.05 Å². The lowest BCUT2D eigenvalue weighted by atomic mass is 10.4. The van der Waals surface area contributed by atoms with Gasteiger partial charge in [-0.2, -0.15) is 5.10 Å². The van der Waals surface area contributed by atoms with Crippen LogP contribution in [0.15, 0.2) is 6.20 Å². The van der Waals surface area contributed by atoms with Crippen LogP contribution < -0.4 is 4.74 Å². The van der Waals surface area contributed by atoms with Gasteiger partial charge in [0.25, 0.3) is 0 Å². The summed E-state index contributed by atoms with van der Waals surface area (Å²) in [5.41, 5.74) is 0.319. The minimum atomic E-state index is -0.452. The molecule has 12 heavy (non-hydrogen) atoms. The number of methoxy groups -OCH3 is 2. The zero-order chi connectivity index (χ0) is 9.14. The molecule has 0 aliphatic heterocycles. The minimum Gasteiger partial charge on any atom is -0.493 e. The van der Waals surface area contributed by atoms with E-state index >= 15 is 0 Å². The third-order valence-corrected chi connectivity index (χ3v) is 1.50. The van der Waals surface area contributed by atoms with Gasteiger partial charge in [-0.25, -0.2) is 4.79 Å². The predicted octanol–water partition coefficient (Wildman–Crippen LogP) is 0.215. The van der Waals surface area contributed by atoms with Gasteiger partial charge in [0.1, 0.15) is 0 Å². The van der Waals surface area contributed by atoms with Gasteiger partial charge in [0.2, 0.25) is 0 Å². The van der Waals surface area contributed by atoms with Gasteiger partial charge in [-0.3, -0.25) is 4.68 Å². The number of aryl methyl sites for hydroxylation is 1. The van der Waals surface area contributed by atoms with Crippen LogP contribution in [0.5, 0.6) is 5.75 Å². The van der Waals surface area contributed by atoms with Crippen LogP contribution in [0.2, 0.25) is 0 Å². The van der Waals surface area contributed by atoms with Crippen molar-refractivity contribution in [3.63, 3.8) is 0 Å². The van der Waals surface area contributed by atoms with E-state index in [0.29, 0.717) is 11.4 Å². The molecule has 0 amide bonds. The SMILES string of the molecule is COC(=O)c1c(OC)cnn1C. The Balaban J connectivity index is 3.10. The largest absolute Gasteiger partial charge is 0.493 e. The number of rotatable bonds is 2. The lowest BCUT2D eigenvalue weighted by Gasteiger charge is -2.01. The van der Waals surface area contributed by atoms with E-state index in [0.717, 1.165) is 0 Å². The molecule has 1 aromatic rings. The van der Waals surface area contributed by atoms with Gasteiger partial charge >= 0.3 is 5.97 Å². The average molecular weight is 170 g/mol. The van der Waals surface area contributed by atoms with Crippen LogP contribution in [0.25, 0.3) is 0 Å². The van der Waals surface area contributed by atoms with Gasteiger partial charge in [-0.15, -0.1) is 0 Å². The van der Waals surface area contributed by atoms with Gasteiger partial charge in [0.05, 0.1) is 20.4 Å². The van der Waals surface area contributed by atoms with E-state index in [-0.39, 0.29) is 0 Å². The summed E-state index contributed by atoms with van der Waals surface area (Å²) in [5.74, 6) is -0.0313. The number of aromatic nitrogens is 2. The molecule has 0 radical (unpaired) electrons. The minimum absolute atomic E-state index is 0.319. The highest BCUT2D eigenvalue weighted by atomic mass is 16.5. The maximum atomic E-state index is 11.1. The first kappa shape index (κ1) is 8.58. The molecule has 0 aliphatic carbocycles. The van der Waals surface area contributed by atoms with Gasteiger partial charge in [0.15, 0.2) is 11.4 Å². The summed E-state index contributed by atoms with van der Waals surface area (Å²) >= 11 is 0.